The maximum Gasteiger partial charge on any atom is 0.209 e. The minimum Gasteiger partial charge on any atom is -0.511 e. The molecule has 2 aromatic rings. The van der Waals surface area contributed by atoms with Crippen molar-refractivity contribution < 1.29 is 39.5 Å². The van der Waals surface area contributed by atoms with Crippen LogP contribution in [0.5, 0.6) is 5.75 Å². The number of phenolic OH excluding ortho intramolecular Hbond substituents is 1. The van der Waals surface area contributed by atoms with Gasteiger partial charge in [0.2, 0.25) is 5.78 Å². The van der Waals surface area contributed by atoms with Crippen LogP contribution in [0.25, 0.3) is 17.2 Å². The number of rotatable bonds is 6. The standard InChI is InChI=1S/C36H40O8/c1-8-20-9-10-22(15-21(20)13-14-44-7)23-11-12-25(38)27-24(23)16-34(5)17-35(6)28(18(2)3)30(39)26(19(4)37)32(41)36(35,43)33(42)29(34)31(27)40/h9-15,18,28,38-39,42-43H,8,16-17H2,1-7H3/b14-13+/t28?,34-,35-,36+/m1/s1. The van der Waals surface area contributed by atoms with Crippen molar-refractivity contribution in [2.24, 2.45) is 22.7 Å². The largest absolute Gasteiger partial charge is 0.511 e. The number of ketones is 3. The molecule has 0 spiro atoms. The first kappa shape index (κ1) is 31.3. The fourth-order valence-corrected chi connectivity index (χ4v) is 8.38. The molecule has 3 aliphatic carbocycles. The Bertz CT molecular complexity index is 1710. The topological polar surface area (TPSA) is 141 Å². The summed E-state index contributed by atoms with van der Waals surface area (Å²) in [6.45, 7) is 10.2. The van der Waals surface area contributed by atoms with Gasteiger partial charge in [0, 0.05) is 22.3 Å². The SMILES string of the molecule is CCc1ccc(-c2ccc(O)c3c2C[C@]2(C)C[C@]4(C)C(C(C)C)C(O)=C(C(C)=O)C(=O)[C@]4(O)C(O)=C2C3=O)cc1/C=C/OC. The molecule has 44 heavy (non-hydrogen) atoms. The number of ether oxygens (including phenoxy) is 1. The van der Waals surface area contributed by atoms with Crippen molar-refractivity contribution >= 4 is 23.4 Å². The van der Waals surface area contributed by atoms with Gasteiger partial charge < -0.3 is 25.2 Å². The van der Waals surface area contributed by atoms with Crippen molar-refractivity contribution in [2.45, 2.75) is 66.4 Å². The highest BCUT2D eigenvalue weighted by molar-refractivity contribution is 6.25. The quantitative estimate of drug-likeness (QED) is 0.227. The summed E-state index contributed by atoms with van der Waals surface area (Å²) in [6.07, 6.45) is 4.49. The van der Waals surface area contributed by atoms with Crippen LogP contribution in [0.1, 0.15) is 75.0 Å². The summed E-state index contributed by atoms with van der Waals surface area (Å²) >= 11 is 0. The lowest BCUT2D eigenvalue weighted by Gasteiger charge is -2.59. The Kier molecular flexibility index (Phi) is 7.44. The number of aryl methyl sites for hydroxylation is 1. The number of hydrogen-bond acceptors (Lipinski definition) is 8. The van der Waals surface area contributed by atoms with Gasteiger partial charge in [-0.3, -0.25) is 14.4 Å². The third-order valence-electron chi connectivity index (χ3n) is 10.1. The Morgan fingerprint density at radius 3 is 2.39 bits per heavy atom. The molecule has 0 radical (unpaired) electrons. The Morgan fingerprint density at radius 2 is 1.80 bits per heavy atom. The molecular weight excluding hydrogens is 560 g/mol. The van der Waals surface area contributed by atoms with Gasteiger partial charge in [-0.15, -0.1) is 0 Å². The predicted octanol–water partition coefficient (Wildman–Crippen LogP) is 6.19. The van der Waals surface area contributed by atoms with Crippen LogP contribution in [-0.2, 0) is 27.2 Å². The summed E-state index contributed by atoms with van der Waals surface area (Å²) in [4.78, 5) is 40.8. The van der Waals surface area contributed by atoms with E-state index in [0.717, 1.165) is 35.6 Å². The first-order chi connectivity index (χ1) is 20.6. The van der Waals surface area contributed by atoms with E-state index in [1.54, 1.807) is 33.3 Å². The number of aliphatic hydroxyl groups excluding tert-OH is 2. The highest BCUT2D eigenvalue weighted by Crippen LogP contribution is 2.65. The molecule has 5 rings (SSSR count). The van der Waals surface area contributed by atoms with Crippen molar-refractivity contribution in [3.05, 3.63) is 81.5 Å². The Hall–Kier alpha value is -4.17. The van der Waals surface area contributed by atoms with Crippen LogP contribution in [0.2, 0.25) is 0 Å². The Balaban J connectivity index is 1.77. The van der Waals surface area contributed by atoms with Gasteiger partial charge >= 0.3 is 0 Å². The summed E-state index contributed by atoms with van der Waals surface area (Å²) in [5.74, 6) is -5.28. The van der Waals surface area contributed by atoms with Crippen LogP contribution in [-0.4, -0.2) is 50.5 Å². The number of hydrogen-bond donors (Lipinski definition) is 4. The normalized spacial score (nSPS) is 28.3. The molecule has 4 atom stereocenters. The van der Waals surface area contributed by atoms with Crippen LogP contribution in [0, 0.1) is 22.7 Å². The number of allylic oxidation sites excluding steroid dienone is 2. The highest BCUT2D eigenvalue weighted by Gasteiger charge is 2.71. The van der Waals surface area contributed by atoms with Gasteiger partial charge in [-0.2, -0.15) is 0 Å². The lowest BCUT2D eigenvalue weighted by molar-refractivity contribution is -0.171. The molecule has 0 aromatic heterocycles. The molecule has 0 heterocycles. The first-order valence-corrected chi connectivity index (χ1v) is 15.0. The van der Waals surface area contributed by atoms with E-state index >= 15 is 0 Å². The zero-order valence-corrected chi connectivity index (χ0v) is 26.2. The molecule has 0 saturated heterocycles. The van der Waals surface area contributed by atoms with Gasteiger partial charge in [-0.05, 0) is 78.1 Å². The van der Waals surface area contributed by atoms with Crippen molar-refractivity contribution in [3.8, 4) is 16.9 Å². The van der Waals surface area contributed by atoms with Crippen molar-refractivity contribution in [3.63, 3.8) is 0 Å². The number of phenols is 1. The molecular formula is C36H40O8. The summed E-state index contributed by atoms with van der Waals surface area (Å²) in [5, 5.41) is 46.4. The predicted molar refractivity (Wildman–Crippen MR) is 166 cm³/mol. The molecule has 232 valence electrons. The number of carbonyl (C=O) groups excluding carboxylic acids is 3. The number of fused-ring (bicyclic) bond motifs is 3. The minimum atomic E-state index is -2.64. The van der Waals surface area contributed by atoms with Gasteiger partial charge in [0.15, 0.2) is 17.2 Å². The number of benzene rings is 2. The lowest BCUT2D eigenvalue weighted by atomic mass is 9.44. The Morgan fingerprint density at radius 1 is 1.11 bits per heavy atom. The first-order valence-electron chi connectivity index (χ1n) is 15.0. The minimum absolute atomic E-state index is 0.00358. The van der Waals surface area contributed by atoms with E-state index in [1.165, 1.54) is 6.07 Å². The lowest BCUT2D eigenvalue weighted by Crippen LogP contribution is -2.67. The maximum atomic E-state index is 14.3. The van der Waals surface area contributed by atoms with E-state index in [0.29, 0.717) is 5.56 Å². The maximum absolute atomic E-state index is 14.3. The monoisotopic (exact) mass is 600 g/mol. The second-order valence-corrected chi connectivity index (χ2v) is 13.3. The van der Waals surface area contributed by atoms with E-state index in [-0.39, 0.29) is 35.6 Å². The van der Waals surface area contributed by atoms with Crippen LogP contribution in [0.15, 0.2) is 59.3 Å². The molecule has 0 aliphatic heterocycles. The highest BCUT2D eigenvalue weighted by atomic mass is 16.5. The van der Waals surface area contributed by atoms with Crippen LogP contribution in [0.3, 0.4) is 0 Å². The van der Waals surface area contributed by atoms with E-state index in [1.807, 2.05) is 38.1 Å². The van der Waals surface area contributed by atoms with Gasteiger partial charge in [0.05, 0.1) is 18.9 Å². The fourth-order valence-electron chi connectivity index (χ4n) is 8.38. The number of carbonyl (C=O) groups is 3. The number of Topliss-reactive ketones (excluding diaryl/α,β-unsaturated/α-hetero) is 3. The zero-order chi connectivity index (χ0) is 32.5. The second kappa shape index (κ2) is 10.5. The average Bonchev–Trinajstić information content (AvgIpc) is 2.93. The van der Waals surface area contributed by atoms with E-state index in [9.17, 15) is 34.8 Å². The van der Waals surface area contributed by atoms with Gasteiger partial charge in [0.1, 0.15) is 22.8 Å². The molecule has 0 saturated carbocycles. The number of methoxy groups -OCH3 is 1. The number of aromatic hydroxyl groups is 1. The van der Waals surface area contributed by atoms with Crippen molar-refractivity contribution in [2.75, 3.05) is 7.11 Å². The molecule has 0 amide bonds. The fraction of sp³-hybridized carbons (Fsp3) is 0.417. The Labute approximate surface area is 257 Å². The molecule has 1 unspecified atom stereocenters. The van der Waals surface area contributed by atoms with Gasteiger partial charge in [-0.1, -0.05) is 52.8 Å². The van der Waals surface area contributed by atoms with E-state index in [4.69, 9.17) is 4.74 Å². The third kappa shape index (κ3) is 4.10. The second-order valence-electron chi connectivity index (χ2n) is 13.3. The molecule has 0 fully saturated rings. The summed E-state index contributed by atoms with van der Waals surface area (Å²) in [6, 6.07) is 9.17. The molecule has 8 nitrogen and oxygen atoms in total. The van der Waals surface area contributed by atoms with Crippen LogP contribution < -0.4 is 0 Å². The average molecular weight is 601 g/mol. The molecule has 8 heteroatoms. The van der Waals surface area contributed by atoms with Gasteiger partial charge in [-0.25, -0.2) is 0 Å². The third-order valence-corrected chi connectivity index (χ3v) is 10.1. The van der Waals surface area contributed by atoms with Crippen LogP contribution in [0.4, 0.5) is 0 Å². The smallest absolute Gasteiger partial charge is 0.209 e. The zero-order valence-electron chi connectivity index (χ0n) is 26.2. The van der Waals surface area contributed by atoms with Gasteiger partial charge in [0.25, 0.3) is 0 Å². The van der Waals surface area contributed by atoms with Crippen molar-refractivity contribution in [1.82, 2.24) is 0 Å². The molecule has 0 bridgehead atoms. The summed E-state index contributed by atoms with van der Waals surface area (Å²) in [5.41, 5.74) is -1.76. The molecule has 2 aromatic carbocycles. The van der Waals surface area contributed by atoms with E-state index in [2.05, 4.69) is 6.92 Å². The summed E-state index contributed by atoms with van der Waals surface area (Å²) in [7, 11) is 1.57. The van der Waals surface area contributed by atoms with E-state index < -0.39 is 56.8 Å². The van der Waals surface area contributed by atoms with Crippen molar-refractivity contribution in [1.29, 1.82) is 0 Å². The number of aliphatic hydroxyl groups is 3. The van der Waals surface area contributed by atoms with Crippen LogP contribution >= 0.6 is 0 Å². The molecule has 4 N–H and O–H groups in total. The molecule has 3 aliphatic rings. The summed E-state index contributed by atoms with van der Waals surface area (Å²) < 4.78 is 5.14.